The van der Waals surface area contributed by atoms with Crippen molar-refractivity contribution in [3.63, 3.8) is 0 Å². The molecule has 22 heavy (non-hydrogen) atoms. The highest BCUT2D eigenvalue weighted by Gasteiger charge is 2.20. The summed E-state index contributed by atoms with van der Waals surface area (Å²) >= 11 is 0. The summed E-state index contributed by atoms with van der Waals surface area (Å²) in [6.45, 7) is 5.16. The lowest BCUT2D eigenvalue weighted by Crippen LogP contribution is -2.31. The van der Waals surface area contributed by atoms with E-state index in [1.54, 1.807) is 18.5 Å². The van der Waals surface area contributed by atoms with Gasteiger partial charge in [0.1, 0.15) is 5.82 Å². The van der Waals surface area contributed by atoms with Gasteiger partial charge in [0.05, 0.1) is 18.1 Å². The minimum Gasteiger partial charge on any atom is -0.377 e. The Bertz CT molecular complexity index is 607. The van der Waals surface area contributed by atoms with Crippen LogP contribution < -0.4 is 0 Å². The molecule has 1 aliphatic heterocycles. The molecule has 1 aromatic carbocycles. The van der Waals surface area contributed by atoms with Gasteiger partial charge in [-0.15, -0.1) is 0 Å². The van der Waals surface area contributed by atoms with Gasteiger partial charge in [-0.3, -0.25) is 4.90 Å². The second kappa shape index (κ2) is 7.03. The van der Waals surface area contributed by atoms with Crippen LogP contribution >= 0.6 is 0 Å². The lowest BCUT2D eigenvalue weighted by Gasteiger charge is -2.25. The van der Waals surface area contributed by atoms with Crippen molar-refractivity contribution in [3.05, 3.63) is 53.4 Å². The number of aromatic amines is 1. The topological polar surface area (TPSA) is 41.2 Å². The van der Waals surface area contributed by atoms with Crippen molar-refractivity contribution in [2.75, 3.05) is 13.2 Å². The van der Waals surface area contributed by atoms with Crippen LogP contribution in [0.2, 0.25) is 0 Å². The van der Waals surface area contributed by atoms with Crippen LogP contribution in [0.25, 0.3) is 0 Å². The van der Waals surface area contributed by atoms with E-state index in [1.807, 2.05) is 13.0 Å². The molecule has 0 saturated carbocycles. The van der Waals surface area contributed by atoms with E-state index in [9.17, 15) is 4.39 Å². The zero-order valence-electron chi connectivity index (χ0n) is 12.9. The molecule has 4 nitrogen and oxygen atoms in total. The molecule has 1 saturated heterocycles. The largest absolute Gasteiger partial charge is 0.377 e. The van der Waals surface area contributed by atoms with Crippen molar-refractivity contribution in [2.45, 2.75) is 39.0 Å². The molecule has 118 valence electrons. The Labute approximate surface area is 130 Å². The number of aromatic nitrogens is 2. The van der Waals surface area contributed by atoms with Crippen molar-refractivity contribution in [1.82, 2.24) is 14.9 Å². The summed E-state index contributed by atoms with van der Waals surface area (Å²) in [4.78, 5) is 9.77. The Balaban J connectivity index is 1.71. The van der Waals surface area contributed by atoms with Crippen molar-refractivity contribution < 1.29 is 9.13 Å². The number of hydrogen-bond acceptors (Lipinski definition) is 3. The molecule has 0 radical (unpaired) electrons. The monoisotopic (exact) mass is 303 g/mol. The van der Waals surface area contributed by atoms with Gasteiger partial charge in [0.25, 0.3) is 0 Å². The number of ether oxygens (including phenoxy) is 1. The maximum Gasteiger partial charge on any atom is 0.123 e. The van der Waals surface area contributed by atoms with Gasteiger partial charge >= 0.3 is 0 Å². The van der Waals surface area contributed by atoms with Crippen LogP contribution in [0, 0.1) is 12.7 Å². The van der Waals surface area contributed by atoms with Crippen molar-refractivity contribution >= 4 is 0 Å². The highest BCUT2D eigenvalue weighted by Crippen LogP contribution is 2.17. The first-order valence-corrected chi connectivity index (χ1v) is 7.78. The SMILES string of the molecule is Cc1[nH]cnc1CN(Cc1cccc(F)c1)C[C@@H]1CCCO1. The third-order valence-electron chi connectivity index (χ3n) is 4.09. The van der Waals surface area contributed by atoms with Crippen LogP contribution in [0.4, 0.5) is 4.39 Å². The smallest absolute Gasteiger partial charge is 0.123 e. The fourth-order valence-corrected chi connectivity index (χ4v) is 2.91. The van der Waals surface area contributed by atoms with Crippen molar-refractivity contribution in [2.24, 2.45) is 0 Å². The average molecular weight is 303 g/mol. The molecular formula is C17H22FN3O. The molecule has 0 amide bonds. The molecule has 5 heteroatoms. The standard InChI is InChI=1S/C17H22FN3O/c1-13-17(20-12-19-13)11-21(10-16-6-3-7-22-16)9-14-4-2-5-15(18)8-14/h2,4-5,8,12,16H,3,6-7,9-11H2,1H3,(H,19,20)/t16-/m0/s1. The third-order valence-corrected chi connectivity index (χ3v) is 4.09. The van der Waals surface area contributed by atoms with E-state index in [0.717, 1.165) is 49.5 Å². The molecule has 0 unspecified atom stereocenters. The van der Waals surface area contributed by atoms with Crippen LogP contribution in [-0.2, 0) is 17.8 Å². The first kappa shape index (κ1) is 15.2. The second-order valence-corrected chi connectivity index (χ2v) is 5.91. The van der Waals surface area contributed by atoms with Gasteiger partial charge in [-0.1, -0.05) is 12.1 Å². The predicted molar refractivity (Wildman–Crippen MR) is 82.8 cm³/mol. The number of imidazole rings is 1. The Morgan fingerprint density at radius 1 is 1.41 bits per heavy atom. The predicted octanol–water partition coefficient (Wildman–Crippen LogP) is 3.04. The molecular weight excluding hydrogens is 281 g/mol. The zero-order chi connectivity index (χ0) is 15.4. The number of nitrogens with one attached hydrogen (secondary N) is 1. The van der Waals surface area contributed by atoms with E-state index in [0.29, 0.717) is 6.54 Å². The summed E-state index contributed by atoms with van der Waals surface area (Å²) in [6.07, 6.45) is 4.21. The summed E-state index contributed by atoms with van der Waals surface area (Å²) in [6, 6.07) is 6.80. The number of benzene rings is 1. The summed E-state index contributed by atoms with van der Waals surface area (Å²) in [5, 5.41) is 0. The van der Waals surface area contributed by atoms with Crippen LogP contribution in [-0.4, -0.2) is 34.1 Å². The van der Waals surface area contributed by atoms with Crippen LogP contribution in [0.15, 0.2) is 30.6 Å². The Morgan fingerprint density at radius 2 is 2.32 bits per heavy atom. The average Bonchev–Trinajstić information content (AvgIpc) is 3.12. The molecule has 0 aliphatic carbocycles. The lowest BCUT2D eigenvalue weighted by molar-refractivity contribution is 0.0674. The highest BCUT2D eigenvalue weighted by atomic mass is 19.1. The van der Waals surface area contributed by atoms with E-state index in [1.165, 1.54) is 6.07 Å². The second-order valence-electron chi connectivity index (χ2n) is 5.91. The van der Waals surface area contributed by atoms with E-state index >= 15 is 0 Å². The fraction of sp³-hybridized carbons (Fsp3) is 0.471. The van der Waals surface area contributed by atoms with Crippen LogP contribution in [0.1, 0.15) is 29.8 Å². The third kappa shape index (κ3) is 3.93. The number of halogens is 1. The zero-order valence-corrected chi connectivity index (χ0v) is 12.9. The number of H-pyrrole nitrogens is 1. The van der Waals surface area contributed by atoms with Gasteiger partial charge in [-0.05, 0) is 37.5 Å². The molecule has 1 fully saturated rings. The molecule has 2 aromatic rings. The van der Waals surface area contributed by atoms with Gasteiger partial charge in [-0.25, -0.2) is 9.37 Å². The number of rotatable bonds is 6. The molecule has 2 heterocycles. The maximum atomic E-state index is 13.4. The van der Waals surface area contributed by atoms with Crippen LogP contribution in [0.5, 0.6) is 0 Å². The molecule has 3 rings (SSSR count). The van der Waals surface area contributed by atoms with Gasteiger partial charge in [0.2, 0.25) is 0 Å². The highest BCUT2D eigenvalue weighted by molar-refractivity contribution is 5.17. The summed E-state index contributed by atoms with van der Waals surface area (Å²) < 4.78 is 19.2. The Kier molecular flexibility index (Phi) is 4.85. The number of nitrogens with zero attached hydrogens (tertiary/aromatic N) is 2. The number of hydrogen-bond donors (Lipinski definition) is 1. The van der Waals surface area contributed by atoms with Gasteiger partial charge < -0.3 is 9.72 Å². The Hall–Kier alpha value is -1.72. The van der Waals surface area contributed by atoms with Crippen molar-refractivity contribution in [3.8, 4) is 0 Å². The van der Waals surface area contributed by atoms with Gasteiger partial charge in [-0.2, -0.15) is 0 Å². The first-order valence-electron chi connectivity index (χ1n) is 7.78. The molecule has 0 bridgehead atoms. The van der Waals surface area contributed by atoms with E-state index in [2.05, 4.69) is 14.9 Å². The minimum atomic E-state index is -0.189. The maximum absolute atomic E-state index is 13.4. The van der Waals surface area contributed by atoms with Crippen molar-refractivity contribution in [1.29, 1.82) is 0 Å². The van der Waals surface area contributed by atoms with E-state index in [4.69, 9.17) is 4.74 Å². The lowest BCUT2D eigenvalue weighted by atomic mass is 10.1. The molecule has 1 atom stereocenters. The first-order chi connectivity index (χ1) is 10.7. The van der Waals surface area contributed by atoms with E-state index in [-0.39, 0.29) is 11.9 Å². The van der Waals surface area contributed by atoms with E-state index < -0.39 is 0 Å². The molecule has 1 aromatic heterocycles. The summed E-state index contributed by atoms with van der Waals surface area (Å²) in [5.74, 6) is -0.189. The molecule has 1 aliphatic rings. The molecule has 1 N–H and O–H groups in total. The van der Waals surface area contributed by atoms with Gasteiger partial charge in [0.15, 0.2) is 0 Å². The normalized spacial score (nSPS) is 18.2. The van der Waals surface area contributed by atoms with Gasteiger partial charge in [0, 0.05) is 31.9 Å². The minimum absolute atomic E-state index is 0.189. The Morgan fingerprint density at radius 3 is 3.00 bits per heavy atom. The van der Waals surface area contributed by atoms with Crippen LogP contribution in [0.3, 0.4) is 0 Å². The summed E-state index contributed by atoms with van der Waals surface area (Å²) in [5.41, 5.74) is 3.09. The number of aryl methyl sites for hydroxylation is 1. The molecule has 0 spiro atoms. The summed E-state index contributed by atoms with van der Waals surface area (Å²) in [7, 11) is 0. The quantitative estimate of drug-likeness (QED) is 0.892. The fourth-order valence-electron chi connectivity index (χ4n) is 2.91.